The van der Waals surface area contributed by atoms with Crippen LogP contribution < -0.4 is 5.32 Å². The average Bonchev–Trinajstić information content (AvgIpc) is 2.62. The lowest BCUT2D eigenvalue weighted by atomic mass is 9.71. The summed E-state index contributed by atoms with van der Waals surface area (Å²) in [5.41, 5.74) is 2.59. The summed E-state index contributed by atoms with van der Waals surface area (Å²) >= 11 is 3.58. The molecule has 0 aromatic heterocycles. The monoisotopic (exact) mass is 277 g/mol. The second-order valence-electron chi connectivity index (χ2n) is 4.90. The van der Waals surface area contributed by atoms with Gasteiger partial charge in [-0.05, 0) is 43.4 Å². The number of hydrogen-bond donors (Lipinski definition) is 1. The Bertz CT molecular complexity index is 438. The first-order chi connectivity index (χ1) is 7.75. The van der Waals surface area contributed by atoms with Gasteiger partial charge in [-0.15, -0.1) is 0 Å². The Morgan fingerprint density at radius 1 is 1.38 bits per heavy atom. The fourth-order valence-electron chi connectivity index (χ4n) is 2.85. The first kappa shape index (κ1) is 10.4. The summed E-state index contributed by atoms with van der Waals surface area (Å²) in [5, 5.41) is 3.68. The molecule has 0 aliphatic heterocycles. The highest BCUT2D eigenvalue weighted by Crippen LogP contribution is 2.44. The molecule has 0 amide bonds. The van der Waals surface area contributed by atoms with Gasteiger partial charge in [0.05, 0.1) is 0 Å². The topological polar surface area (TPSA) is 12.0 Å². The number of hydrogen-bond acceptors (Lipinski definition) is 1. The number of halogens is 1. The Morgan fingerprint density at radius 2 is 2.25 bits per heavy atom. The zero-order valence-electron chi connectivity index (χ0n) is 9.41. The van der Waals surface area contributed by atoms with Gasteiger partial charge in [0, 0.05) is 22.1 Å². The highest BCUT2D eigenvalue weighted by Gasteiger charge is 2.40. The van der Waals surface area contributed by atoms with E-state index in [2.05, 4.69) is 58.5 Å². The summed E-state index contributed by atoms with van der Waals surface area (Å²) < 4.78 is 1.19. The quantitative estimate of drug-likeness (QED) is 0.802. The zero-order valence-corrected chi connectivity index (χ0v) is 11.0. The van der Waals surface area contributed by atoms with Gasteiger partial charge in [-0.3, -0.25) is 0 Å². The van der Waals surface area contributed by atoms with Crippen molar-refractivity contribution in [2.75, 3.05) is 5.32 Å². The lowest BCUT2D eigenvalue weighted by Gasteiger charge is -2.41. The average molecular weight is 278 g/mol. The maximum absolute atomic E-state index is 3.68. The predicted molar refractivity (Wildman–Crippen MR) is 71.6 cm³/mol. The molecule has 1 saturated carbocycles. The van der Waals surface area contributed by atoms with E-state index in [1.807, 2.05) is 0 Å². The van der Waals surface area contributed by atoms with Gasteiger partial charge in [0.15, 0.2) is 0 Å². The fraction of sp³-hybridized carbons (Fsp3) is 0.429. The Balaban J connectivity index is 1.75. The molecule has 3 unspecified atom stereocenters. The molecule has 1 nitrogen and oxygen atoms in total. The van der Waals surface area contributed by atoms with Crippen molar-refractivity contribution in [2.45, 2.75) is 25.8 Å². The number of nitrogens with one attached hydrogen (secondary N) is 1. The van der Waals surface area contributed by atoms with Crippen molar-refractivity contribution in [3.8, 4) is 0 Å². The van der Waals surface area contributed by atoms with Gasteiger partial charge in [0.1, 0.15) is 0 Å². The lowest BCUT2D eigenvalue weighted by molar-refractivity contribution is 0.218. The molecule has 2 aliphatic carbocycles. The maximum atomic E-state index is 3.68. The molecule has 0 spiro atoms. The van der Waals surface area contributed by atoms with Gasteiger partial charge in [-0.1, -0.05) is 34.1 Å². The first-order valence-corrected chi connectivity index (χ1v) is 6.73. The minimum Gasteiger partial charge on any atom is -0.381 e. The van der Waals surface area contributed by atoms with E-state index >= 15 is 0 Å². The van der Waals surface area contributed by atoms with E-state index in [9.17, 15) is 0 Å². The molecule has 0 radical (unpaired) electrons. The van der Waals surface area contributed by atoms with Crippen LogP contribution in [-0.2, 0) is 0 Å². The van der Waals surface area contributed by atoms with Crippen molar-refractivity contribution in [3.63, 3.8) is 0 Å². The van der Waals surface area contributed by atoms with Crippen molar-refractivity contribution in [3.05, 3.63) is 40.4 Å². The van der Waals surface area contributed by atoms with Crippen LogP contribution in [0.4, 0.5) is 5.69 Å². The van der Waals surface area contributed by atoms with Crippen LogP contribution in [0.25, 0.3) is 0 Å². The molecule has 0 heterocycles. The molecule has 1 aromatic rings. The molecular weight excluding hydrogens is 262 g/mol. The van der Waals surface area contributed by atoms with Crippen LogP contribution in [0.2, 0.25) is 0 Å². The number of fused-ring (bicyclic) bond motifs is 1. The van der Waals surface area contributed by atoms with Gasteiger partial charge in [-0.25, -0.2) is 0 Å². The minimum atomic E-state index is 0.650. The molecule has 2 heteroatoms. The molecule has 1 N–H and O–H groups in total. The summed E-state index contributed by atoms with van der Waals surface area (Å²) in [6, 6.07) is 7.02. The van der Waals surface area contributed by atoms with Crippen LogP contribution in [0.3, 0.4) is 0 Å². The van der Waals surface area contributed by atoms with Crippen LogP contribution >= 0.6 is 15.9 Å². The van der Waals surface area contributed by atoms with Crippen LogP contribution in [0.1, 0.15) is 18.4 Å². The lowest BCUT2D eigenvalue weighted by Crippen LogP contribution is -2.43. The summed E-state index contributed by atoms with van der Waals surface area (Å²) in [6.45, 7) is 2.16. The Kier molecular flexibility index (Phi) is 2.55. The molecule has 1 fully saturated rings. The second-order valence-corrected chi connectivity index (χ2v) is 5.75. The van der Waals surface area contributed by atoms with Crippen molar-refractivity contribution in [1.82, 2.24) is 0 Å². The van der Waals surface area contributed by atoms with Crippen molar-refractivity contribution < 1.29 is 0 Å². The Hall–Kier alpha value is -0.760. The smallest absolute Gasteiger partial charge is 0.0383 e. The van der Waals surface area contributed by atoms with E-state index in [-0.39, 0.29) is 0 Å². The van der Waals surface area contributed by atoms with Gasteiger partial charge in [-0.2, -0.15) is 0 Å². The van der Waals surface area contributed by atoms with E-state index in [4.69, 9.17) is 0 Å². The molecule has 2 aliphatic rings. The largest absolute Gasteiger partial charge is 0.381 e. The van der Waals surface area contributed by atoms with Gasteiger partial charge < -0.3 is 5.32 Å². The normalized spacial score (nSPS) is 31.0. The van der Waals surface area contributed by atoms with E-state index in [0.717, 1.165) is 11.8 Å². The summed E-state index contributed by atoms with van der Waals surface area (Å²) in [5.74, 6) is 1.70. The number of benzene rings is 1. The van der Waals surface area contributed by atoms with Crippen molar-refractivity contribution in [2.24, 2.45) is 11.8 Å². The van der Waals surface area contributed by atoms with E-state index < -0.39 is 0 Å². The van der Waals surface area contributed by atoms with Gasteiger partial charge in [0.2, 0.25) is 0 Å². The highest BCUT2D eigenvalue weighted by molar-refractivity contribution is 9.10. The molecule has 84 valence electrons. The summed E-state index contributed by atoms with van der Waals surface area (Å²) in [7, 11) is 0. The fourth-order valence-corrected chi connectivity index (χ4v) is 3.21. The molecule has 16 heavy (non-hydrogen) atoms. The first-order valence-electron chi connectivity index (χ1n) is 5.94. The predicted octanol–water partition coefficient (Wildman–Crippen LogP) is 4.13. The maximum Gasteiger partial charge on any atom is 0.0383 e. The molecule has 1 aromatic carbocycles. The summed E-state index contributed by atoms with van der Waals surface area (Å²) in [6.07, 6.45) is 7.34. The van der Waals surface area contributed by atoms with Crippen LogP contribution in [0.15, 0.2) is 34.8 Å². The van der Waals surface area contributed by atoms with Crippen LogP contribution in [-0.4, -0.2) is 6.04 Å². The number of anilines is 1. The van der Waals surface area contributed by atoms with Crippen LogP contribution in [0.5, 0.6) is 0 Å². The van der Waals surface area contributed by atoms with E-state index in [0.29, 0.717) is 6.04 Å². The molecular formula is C14H16BrN. The van der Waals surface area contributed by atoms with Gasteiger partial charge >= 0.3 is 0 Å². The number of rotatable bonds is 2. The Labute approximate surface area is 105 Å². The molecule has 0 bridgehead atoms. The molecule has 0 saturated heterocycles. The zero-order chi connectivity index (χ0) is 11.1. The van der Waals surface area contributed by atoms with Gasteiger partial charge in [0.25, 0.3) is 0 Å². The Morgan fingerprint density at radius 3 is 3.06 bits per heavy atom. The van der Waals surface area contributed by atoms with Crippen molar-refractivity contribution in [1.29, 1.82) is 0 Å². The molecule has 3 rings (SSSR count). The molecule has 3 atom stereocenters. The third-order valence-electron chi connectivity index (χ3n) is 3.97. The highest BCUT2D eigenvalue weighted by atomic mass is 79.9. The van der Waals surface area contributed by atoms with E-state index in [1.54, 1.807) is 0 Å². The van der Waals surface area contributed by atoms with Crippen LogP contribution in [0, 0.1) is 18.8 Å². The number of allylic oxidation sites excluding steroid dienone is 1. The van der Waals surface area contributed by atoms with E-state index in [1.165, 1.54) is 28.6 Å². The third-order valence-corrected chi connectivity index (χ3v) is 4.83. The standard InChI is InChI=1S/C14H16BrN/c1-9-12(15)6-3-7-13(9)16-14-8-10-4-2-5-11(10)14/h2-3,5-7,10-11,14,16H,4,8H2,1H3. The van der Waals surface area contributed by atoms with Crippen molar-refractivity contribution >= 4 is 21.6 Å². The SMILES string of the molecule is Cc1c(Br)cccc1NC1CC2CC=CC21. The third kappa shape index (κ3) is 1.60. The summed E-state index contributed by atoms with van der Waals surface area (Å²) in [4.78, 5) is 0. The second kappa shape index (κ2) is 3.92. The minimum absolute atomic E-state index is 0.650.